The number of nitrogen functional groups attached to an aromatic ring is 1. The minimum atomic E-state index is -1.18. The molecular weight excluding hydrogens is 240 g/mol. The van der Waals surface area contributed by atoms with E-state index in [0.29, 0.717) is 10.8 Å². The molecule has 4 nitrogen and oxygen atoms in total. The lowest BCUT2D eigenvalue weighted by Gasteiger charge is -1.99. The molecule has 0 aliphatic heterocycles. The van der Waals surface area contributed by atoms with Crippen molar-refractivity contribution in [2.75, 3.05) is 5.73 Å². The van der Waals surface area contributed by atoms with Crippen LogP contribution in [0.5, 0.6) is 0 Å². The SMILES string of the molecule is Nc1cccc[nH+]1.O=C([O-])c1ccc(Cl)cc1. The Morgan fingerprint density at radius 1 is 1.18 bits per heavy atom. The van der Waals surface area contributed by atoms with Gasteiger partial charge in [0, 0.05) is 11.1 Å². The second kappa shape index (κ2) is 6.50. The predicted molar refractivity (Wildman–Crippen MR) is 63.2 cm³/mol. The molecule has 2 rings (SSSR count). The van der Waals surface area contributed by atoms with Crippen molar-refractivity contribution in [1.82, 2.24) is 0 Å². The van der Waals surface area contributed by atoms with Crippen LogP contribution < -0.4 is 15.8 Å². The number of aromatic carboxylic acids is 1. The van der Waals surface area contributed by atoms with E-state index in [2.05, 4.69) is 4.98 Å². The summed E-state index contributed by atoms with van der Waals surface area (Å²) in [5.74, 6) is -0.487. The van der Waals surface area contributed by atoms with E-state index in [1.165, 1.54) is 24.3 Å². The van der Waals surface area contributed by atoms with E-state index in [9.17, 15) is 9.90 Å². The lowest BCUT2D eigenvalue weighted by atomic mass is 10.2. The van der Waals surface area contributed by atoms with Crippen molar-refractivity contribution in [3.63, 3.8) is 0 Å². The monoisotopic (exact) mass is 250 g/mol. The highest BCUT2D eigenvalue weighted by atomic mass is 35.5. The first-order chi connectivity index (χ1) is 8.09. The number of carbonyl (C=O) groups is 1. The number of hydrogen-bond acceptors (Lipinski definition) is 3. The Bertz CT molecular complexity index is 472. The van der Waals surface area contributed by atoms with Crippen molar-refractivity contribution >= 4 is 23.4 Å². The minimum Gasteiger partial charge on any atom is -0.545 e. The molecule has 17 heavy (non-hydrogen) atoms. The zero-order valence-corrected chi connectivity index (χ0v) is 9.65. The topological polar surface area (TPSA) is 80.3 Å². The van der Waals surface area contributed by atoms with Gasteiger partial charge in [0.05, 0.1) is 12.2 Å². The lowest BCUT2D eigenvalue weighted by molar-refractivity contribution is -0.360. The van der Waals surface area contributed by atoms with Crippen LogP contribution in [0.1, 0.15) is 10.4 Å². The van der Waals surface area contributed by atoms with E-state index >= 15 is 0 Å². The number of carbonyl (C=O) groups excluding carboxylic acids is 1. The number of carboxylic acids is 1. The Morgan fingerprint density at radius 3 is 2.18 bits per heavy atom. The number of aromatic amines is 1. The maximum atomic E-state index is 10.2. The highest BCUT2D eigenvalue weighted by Crippen LogP contribution is 2.08. The number of anilines is 1. The summed E-state index contributed by atoms with van der Waals surface area (Å²) in [4.78, 5) is 13.0. The number of halogens is 1. The van der Waals surface area contributed by atoms with Gasteiger partial charge in [0.1, 0.15) is 0 Å². The zero-order valence-electron chi connectivity index (χ0n) is 8.89. The lowest BCUT2D eigenvalue weighted by Crippen LogP contribution is -2.21. The first-order valence-electron chi connectivity index (χ1n) is 4.78. The number of benzene rings is 1. The molecule has 0 aliphatic rings. The molecule has 0 fully saturated rings. The molecule has 2 aromatic rings. The summed E-state index contributed by atoms with van der Waals surface area (Å²) in [6, 6.07) is 11.4. The van der Waals surface area contributed by atoms with Crippen LogP contribution in [0.2, 0.25) is 5.02 Å². The molecular formula is C12H11ClN2O2. The van der Waals surface area contributed by atoms with E-state index < -0.39 is 5.97 Å². The van der Waals surface area contributed by atoms with Crippen LogP contribution in [0.4, 0.5) is 5.82 Å². The van der Waals surface area contributed by atoms with Gasteiger partial charge in [-0.15, -0.1) is 0 Å². The van der Waals surface area contributed by atoms with Crippen molar-refractivity contribution in [1.29, 1.82) is 0 Å². The molecule has 0 amide bonds. The summed E-state index contributed by atoms with van der Waals surface area (Å²) in [7, 11) is 0. The van der Waals surface area contributed by atoms with Crippen molar-refractivity contribution in [2.24, 2.45) is 0 Å². The molecule has 1 heterocycles. The largest absolute Gasteiger partial charge is 0.545 e. The normalized spacial score (nSPS) is 9.00. The number of nitrogens with two attached hydrogens (primary N) is 1. The molecule has 0 unspecified atom stereocenters. The molecule has 0 saturated carbocycles. The zero-order chi connectivity index (χ0) is 12.7. The molecule has 0 radical (unpaired) electrons. The van der Waals surface area contributed by atoms with Crippen LogP contribution in [0.3, 0.4) is 0 Å². The van der Waals surface area contributed by atoms with Crippen LogP contribution in [0.15, 0.2) is 48.7 Å². The molecule has 0 spiro atoms. The number of aromatic nitrogens is 1. The Morgan fingerprint density at radius 2 is 1.82 bits per heavy atom. The van der Waals surface area contributed by atoms with Gasteiger partial charge in [-0.1, -0.05) is 29.8 Å². The fraction of sp³-hybridized carbons (Fsp3) is 0. The van der Waals surface area contributed by atoms with E-state index in [-0.39, 0.29) is 5.56 Å². The summed E-state index contributed by atoms with van der Waals surface area (Å²) < 4.78 is 0. The van der Waals surface area contributed by atoms with Crippen LogP contribution in [-0.4, -0.2) is 5.97 Å². The smallest absolute Gasteiger partial charge is 0.269 e. The first kappa shape index (κ1) is 13.0. The Labute approximate surface area is 104 Å². The third kappa shape index (κ3) is 4.99. The van der Waals surface area contributed by atoms with Gasteiger partial charge < -0.3 is 9.90 Å². The molecule has 3 N–H and O–H groups in total. The van der Waals surface area contributed by atoms with Crippen LogP contribution in [0, 0.1) is 0 Å². The summed E-state index contributed by atoms with van der Waals surface area (Å²) in [6.07, 6.45) is 1.79. The molecule has 1 aromatic heterocycles. The molecule has 0 aliphatic carbocycles. The Balaban J connectivity index is 0.000000181. The van der Waals surface area contributed by atoms with Crippen LogP contribution >= 0.6 is 11.6 Å². The molecule has 1 aromatic carbocycles. The highest BCUT2D eigenvalue weighted by molar-refractivity contribution is 6.30. The fourth-order valence-corrected chi connectivity index (χ4v) is 1.12. The number of carboxylic acid groups (broad SMARTS) is 1. The molecule has 5 heteroatoms. The van der Waals surface area contributed by atoms with E-state index in [0.717, 1.165) is 0 Å². The van der Waals surface area contributed by atoms with E-state index in [1.54, 1.807) is 12.3 Å². The maximum Gasteiger partial charge on any atom is 0.269 e. The van der Waals surface area contributed by atoms with Crippen LogP contribution in [0.25, 0.3) is 0 Å². The van der Waals surface area contributed by atoms with Crippen molar-refractivity contribution in [3.05, 3.63) is 59.2 Å². The van der Waals surface area contributed by atoms with Gasteiger partial charge >= 0.3 is 0 Å². The summed E-state index contributed by atoms with van der Waals surface area (Å²) in [5.41, 5.74) is 5.45. The van der Waals surface area contributed by atoms with Gasteiger partial charge in [-0.25, -0.2) is 4.98 Å². The third-order valence-electron chi connectivity index (χ3n) is 1.81. The number of H-pyrrole nitrogens is 1. The average Bonchev–Trinajstić information content (AvgIpc) is 2.31. The van der Waals surface area contributed by atoms with Gasteiger partial charge in [0.15, 0.2) is 0 Å². The van der Waals surface area contributed by atoms with Gasteiger partial charge in [-0.05, 0) is 23.8 Å². The highest BCUT2D eigenvalue weighted by Gasteiger charge is 1.90. The summed E-state index contributed by atoms with van der Waals surface area (Å²) in [6.45, 7) is 0. The van der Waals surface area contributed by atoms with Crippen molar-refractivity contribution in [2.45, 2.75) is 0 Å². The molecule has 88 valence electrons. The first-order valence-corrected chi connectivity index (χ1v) is 5.16. The van der Waals surface area contributed by atoms with Crippen LogP contribution in [-0.2, 0) is 0 Å². The molecule has 0 saturated heterocycles. The van der Waals surface area contributed by atoms with Crippen molar-refractivity contribution in [3.8, 4) is 0 Å². The average molecular weight is 251 g/mol. The van der Waals surface area contributed by atoms with E-state index in [4.69, 9.17) is 17.3 Å². The fourth-order valence-electron chi connectivity index (χ4n) is 0.993. The molecule has 0 atom stereocenters. The third-order valence-corrected chi connectivity index (χ3v) is 2.07. The van der Waals surface area contributed by atoms with Gasteiger partial charge in [-0.3, -0.25) is 5.73 Å². The van der Waals surface area contributed by atoms with E-state index in [1.807, 2.05) is 12.1 Å². The number of nitrogens with one attached hydrogen (secondary N) is 1. The van der Waals surface area contributed by atoms with Gasteiger partial charge in [0.2, 0.25) is 0 Å². The Kier molecular flexibility index (Phi) is 4.97. The molecule has 0 bridgehead atoms. The number of hydrogen-bond donors (Lipinski definition) is 1. The Hall–Kier alpha value is -2.07. The maximum absolute atomic E-state index is 10.2. The minimum absolute atomic E-state index is 0.143. The standard InChI is InChI=1S/C7H5ClO2.C5H6N2/c8-6-3-1-5(2-4-6)7(9)10;6-5-3-1-2-4-7-5/h1-4H,(H,9,10);1-4H,(H2,6,7). The predicted octanol–water partition coefficient (Wildman–Crippen LogP) is 0.786. The quantitative estimate of drug-likeness (QED) is 0.812. The van der Waals surface area contributed by atoms with Gasteiger partial charge in [0.25, 0.3) is 5.82 Å². The number of pyridine rings is 1. The van der Waals surface area contributed by atoms with Crippen molar-refractivity contribution < 1.29 is 14.9 Å². The number of rotatable bonds is 1. The van der Waals surface area contributed by atoms with Gasteiger partial charge in [-0.2, -0.15) is 0 Å². The second-order valence-electron chi connectivity index (χ2n) is 3.11. The summed E-state index contributed by atoms with van der Waals surface area (Å²) in [5, 5.41) is 10.7. The summed E-state index contributed by atoms with van der Waals surface area (Å²) >= 11 is 5.50. The second-order valence-corrected chi connectivity index (χ2v) is 3.55.